The molecule has 0 unspecified atom stereocenters. The molecule has 2 aromatic heterocycles. The summed E-state index contributed by atoms with van der Waals surface area (Å²) >= 11 is 0. The van der Waals surface area contributed by atoms with E-state index in [1.165, 1.54) is 5.56 Å². The number of hydrogen-bond acceptors (Lipinski definition) is 2. The molecule has 82 valence electrons. The average molecular weight is 216 g/mol. The van der Waals surface area contributed by atoms with Crippen LogP contribution in [0.4, 0.5) is 0 Å². The minimum absolute atomic E-state index is 0.328. The molecule has 0 aliphatic carbocycles. The highest BCUT2D eigenvalue weighted by atomic mass is 16.4. The van der Waals surface area contributed by atoms with Gasteiger partial charge in [-0.05, 0) is 30.2 Å². The van der Waals surface area contributed by atoms with Crippen molar-refractivity contribution in [3.8, 4) is 0 Å². The van der Waals surface area contributed by atoms with Crippen LogP contribution >= 0.6 is 0 Å². The van der Waals surface area contributed by atoms with E-state index in [9.17, 15) is 4.79 Å². The molecule has 2 rings (SSSR count). The van der Waals surface area contributed by atoms with Crippen LogP contribution in [0.2, 0.25) is 0 Å². The molecule has 0 fully saturated rings. The second kappa shape index (κ2) is 4.61. The van der Waals surface area contributed by atoms with Crippen molar-refractivity contribution in [2.45, 2.75) is 13.0 Å². The van der Waals surface area contributed by atoms with Crippen molar-refractivity contribution in [3.63, 3.8) is 0 Å². The van der Waals surface area contributed by atoms with E-state index in [4.69, 9.17) is 5.11 Å². The first-order chi connectivity index (χ1) is 7.75. The average Bonchev–Trinajstić information content (AvgIpc) is 2.76. The molecule has 0 radical (unpaired) electrons. The van der Waals surface area contributed by atoms with E-state index in [0.29, 0.717) is 5.56 Å². The molecule has 0 spiro atoms. The lowest BCUT2D eigenvalue weighted by Gasteiger charge is -2.02. The van der Waals surface area contributed by atoms with Crippen LogP contribution in [0.3, 0.4) is 0 Å². The number of aromatic carboxylic acids is 1. The zero-order valence-electron chi connectivity index (χ0n) is 8.71. The van der Waals surface area contributed by atoms with E-state index in [0.717, 1.165) is 13.0 Å². The van der Waals surface area contributed by atoms with Crippen LogP contribution in [0.5, 0.6) is 0 Å². The first kappa shape index (κ1) is 10.4. The first-order valence-electron chi connectivity index (χ1n) is 5.04. The van der Waals surface area contributed by atoms with Gasteiger partial charge in [0.1, 0.15) is 0 Å². The zero-order valence-corrected chi connectivity index (χ0v) is 8.71. The minimum atomic E-state index is -0.886. The van der Waals surface area contributed by atoms with E-state index in [1.54, 1.807) is 30.9 Å². The van der Waals surface area contributed by atoms with Gasteiger partial charge >= 0.3 is 5.97 Å². The van der Waals surface area contributed by atoms with Gasteiger partial charge in [0.2, 0.25) is 0 Å². The van der Waals surface area contributed by atoms with Crippen LogP contribution < -0.4 is 0 Å². The number of aromatic nitrogens is 2. The Hall–Kier alpha value is -2.10. The highest BCUT2D eigenvalue weighted by Gasteiger charge is 2.03. The summed E-state index contributed by atoms with van der Waals surface area (Å²) in [4.78, 5) is 14.6. The van der Waals surface area contributed by atoms with Gasteiger partial charge in [-0.3, -0.25) is 4.98 Å². The molecule has 0 aromatic carbocycles. The van der Waals surface area contributed by atoms with Crippen LogP contribution in [-0.4, -0.2) is 20.6 Å². The number of carboxylic acids is 1. The van der Waals surface area contributed by atoms with Crippen molar-refractivity contribution in [3.05, 3.63) is 54.1 Å². The molecule has 0 amide bonds. The number of aryl methyl sites for hydroxylation is 2. The third-order valence-electron chi connectivity index (χ3n) is 2.41. The fraction of sp³-hybridized carbons (Fsp3) is 0.167. The van der Waals surface area contributed by atoms with Crippen LogP contribution in [0.15, 0.2) is 43.0 Å². The Morgan fingerprint density at radius 2 is 2.06 bits per heavy atom. The minimum Gasteiger partial charge on any atom is -0.478 e. The molecule has 4 heteroatoms. The standard InChI is InChI=1S/C12H12N2O2/c15-12(16)11-4-8-14(9-11)7-3-10-1-5-13-6-2-10/h1-2,4-6,8-9H,3,7H2,(H,15,16). The van der Waals surface area contributed by atoms with Crippen LogP contribution in [0.1, 0.15) is 15.9 Å². The maximum Gasteiger partial charge on any atom is 0.337 e. The Bertz CT molecular complexity index is 477. The van der Waals surface area contributed by atoms with E-state index < -0.39 is 5.97 Å². The molecule has 0 saturated carbocycles. The Labute approximate surface area is 93.2 Å². The summed E-state index contributed by atoms with van der Waals surface area (Å²) < 4.78 is 1.88. The van der Waals surface area contributed by atoms with Crippen molar-refractivity contribution in [1.82, 2.24) is 9.55 Å². The number of rotatable bonds is 4. The lowest BCUT2D eigenvalue weighted by Crippen LogP contribution is -1.99. The molecule has 2 heterocycles. The summed E-state index contributed by atoms with van der Waals surface area (Å²) in [6, 6.07) is 5.53. The van der Waals surface area contributed by atoms with Crippen molar-refractivity contribution in [2.75, 3.05) is 0 Å². The maximum absolute atomic E-state index is 10.7. The Morgan fingerprint density at radius 1 is 1.31 bits per heavy atom. The quantitative estimate of drug-likeness (QED) is 0.848. The molecule has 0 aliphatic heterocycles. The van der Waals surface area contributed by atoms with Crippen LogP contribution in [0, 0.1) is 0 Å². The Kier molecular flexibility index (Phi) is 3.00. The number of pyridine rings is 1. The lowest BCUT2D eigenvalue weighted by molar-refractivity contribution is 0.0697. The molecule has 0 bridgehead atoms. The van der Waals surface area contributed by atoms with Gasteiger partial charge < -0.3 is 9.67 Å². The van der Waals surface area contributed by atoms with Crippen molar-refractivity contribution >= 4 is 5.97 Å². The van der Waals surface area contributed by atoms with Gasteiger partial charge in [0.15, 0.2) is 0 Å². The fourth-order valence-electron chi connectivity index (χ4n) is 1.51. The van der Waals surface area contributed by atoms with Gasteiger partial charge in [-0.25, -0.2) is 4.79 Å². The van der Waals surface area contributed by atoms with Gasteiger partial charge in [0, 0.05) is 31.3 Å². The molecule has 1 N–H and O–H groups in total. The van der Waals surface area contributed by atoms with Gasteiger partial charge in [0.25, 0.3) is 0 Å². The monoisotopic (exact) mass is 216 g/mol. The number of carbonyl (C=O) groups is 1. The molecule has 0 saturated heterocycles. The molecule has 16 heavy (non-hydrogen) atoms. The smallest absolute Gasteiger partial charge is 0.337 e. The normalized spacial score (nSPS) is 10.2. The summed E-state index contributed by atoms with van der Waals surface area (Å²) in [6.07, 6.45) is 7.81. The third kappa shape index (κ3) is 2.48. The van der Waals surface area contributed by atoms with Gasteiger partial charge in [-0.15, -0.1) is 0 Å². The zero-order chi connectivity index (χ0) is 11.4. The highest BCUT2D eigenvalue weighted by Crippen LogP contribution is 2.04. The number of carboxylic acid groups (broad SMARTS) is 1. The first-order valence-corrected chi connectivity index (χ1v) is 5.04. The highest BCUT2D eigenvalue weighted by molar-refractivity contribution is 5.87. The van der Waals surface area contributed by atoms with Crippen molar-refractivity contribution < 1.29 is 9.90 Å². The van der Waals surface area contributed by atoms with Gasteiger partial charge in [-0.1, -0.05) is 0 Å². The van der Waals surface area contributed by atoms with E-state index in [1.807, 2.05) is 16.7 Å². The SMILES string of the molecule is O=C(O)c1ccn(CCc2ccncc2)c1. The molecule has 0 atom stereocenters. The molecular formula is C12H12N2O2. The number of nitrogens with zero attached hydrogens (tertiary/aromatic N) is 2. The van der Waals surface area contributed by atoms with Crippen molar-refractivity contribution in [2.24, 2.45) is 0 Å². The van der Waals surface area contributed by atoms with Crippen molar-refractivity contribution in [1.29, 1.82) is 0 Å². The van der Waals surface area contributed by atoms with Gasteiger partial charge in [0.05, 0.1) is 5.56 Å². The molecule has 4 nitrogen and oxygen atoms in total. The van der Waals surface area contributed by atoms with E-state index >= 15 is 0 Å². The fourth-order valence-corrected chi connectivity index (χ4v) is 1.51. The maximum atomic E-state index is 10.7. The summed E-state index contributed by atoms with van der Waals surface area (Å²) in [5.41, 5.74) is 1.52. The molecule has 0 aliphatic rings. The second-order valence-electron chi connectivity index (χ2n) is 3.55. The molecule has 2 aromatic rings. The van der Waals surface area contributed by atoms with Crippen LogP contribution in [0.25, 0.3) is 0 Å². The third-order valence-corrected chi connectivity index (χ3v) is 2.41. The van der Waals surface area contributed by atoms with Crippen LogP contribution in [-0.2, 0) is 13.0 Å². The van der Waals surface area contributed by atoms with E-state index in [2.05, 4.69) is 4.98 Å². The summed E-state index contributed by atoms with van der Waals surface area (Å²) in [7, 11) is 0. The topological polar surface area (TPSA) is 55.1 Å². The molecular weight excluding hydrogens is 204 g/mol. The Morgan fingerprint density at radius 3 is 2.69 bits per heavy atom. The van der Waals surface area contributed by atoms with Gasteiger partial charge in [-0.2, -0.15) is 0 Å². The second-order valence-corrected chi connectivity index (χ2v) is 3.55. The predicted molar refractivity (Wildman–Crippen MR) is 59.3 cm³/mol. The summed E-state index contributed by atoms with van der Waals surface area (Å²) in [6.45, 7) is 0.775. The Balaban J connectivity index is 1.97. The van der Waals surface area contributed by atoms with E-state index in [-0.39, 0.29) is 0 Å². The predicted octanol–water partition coefficient (Wildman–Crippen LogP) is 1.82. The summed E-state index contributed by atoms with van der Waals surface area (Å²) in [5, 5.41) is 8.76. The number of hydrogen-bond donors (Lipinski definition) is 1. The summed E-state index contributed by atoms with van der Waals surface area (Å²) in [5.74, 6) is -0.886. The largest absolute Gasteiger partial charge is 0.478 e. The lowest BCUT2D eigenvalue weighted by atomic mass is 10.2.